The Morgan fingerprint density at radius 3 is 2.79 bits per heavy atom. The first kappa shape index (κ1) is 13.7. The van der Waals surface area contributed by atoms with Crippen molar-refractivity contribution in [2.45, 2.75) is 37.7 Å². The maximum Gasteiger partial charge on any atom is 0.154 e. The Morgan fingerprint density at radius 1 is 1.47 bits per heavy atom. The highest BCUT2D eigenvalue weighted by atomic mass is 19.1. The zero-order valence-corrected chi connectivity index (χ0v) is 10.6. The van der Waals surface area contributed by atoms with Crippen LogP contribution in [0.4, 0.5) is 4.39 Å². The number of nitriles is 1. The van der Waals surface area contributed by atoms with Gasteiger partial charge in [0.15, 0.2) is 5.78 Å². The summed E-state index contributed by atoms with van der Waals surface area (Å²) in [5, 5.41) is 9.12. The Balaban J connectivity index is 1.95. The lowest BCUT2D eigenvalue weighted by atomic mass is 9.92. The topological polar surface area (TPSA) is 50.1 Å². The molecule has 0 N–H and O–H groups in total. The number of ether oxygens (including phenoxy) is 1. The summed E-state index contributed by atoms with van der Waals surface area (Å²) in [4.78, 5) is 12.0. The number of carbonyl (C=O) groups excluding carboxylic acids is 1. The van der Waals surface area contributed by atoms with Crippen LogP contribution in [0.15, 0.2) is 24.3 Å². The lowest BCUT2D eigenvalue weighted by Crippen LogP contribution is -2.14. The van der Waals surface area contributed by atoms with Crippen LogP contribution in [0.5, 0.6) is 0 Å². The van der Waals surface area contributed by atoms with E-state index in [1.54, 1.807) is 0 Å². The van der Waals surface area contributed by atoms with Gasteiger partial charge < -0.3 is 4.74 Å². The molecule has 1 fully saturated rings. The van der Waals surface area contributed by atoms with E-state index in [0.717, 1.165) is 19.4 Å². The first-order valence-electron chi connectivity index (χ1n) is 6.50. The number of benzene rings is 1. The molecule has 100 valence electrons. The molecule has 0 aromatic heterocycles. The summed E-state index contributed by atoms with van der Waals surface area (Å²) in [5.74, 6) is -1.29. The third-order valence-corrected chi connectivity index (χ3v) is 3.39. The molecule has 1 aromatic carbocycles. The number of nitrogens with zero attached hydrogens (tertiary/aromatic N) is 1. The van der Waals surface area contributed by atoms with Crippen LogP contribution in [-0.4, -0.2) is 18.5 Å². The zero-order chi connectivity index (χ0) is 13.7. The fourth-order valence-electron chi connectivity index (χ4n) is 2.31. The summed E-state index contributed by atoms with van der Waals surface area (Å²) in [7, 11) is 0. The van der Waals surface area contributed by atoms with Crippen molar-refractivity contribution in [2.75, 3.05) is 6.61 Å². The van der Waals surface area contributed by atoms with Crippen LogP contribution in [0.3, 0.4) is 0 Å². The van der Waals surface area contributed by atoms with E-state index in [1.165, 1.54) is 24.3 Å². The molecule has 0 saturated carbocycles. The first-order chi connectivity index (χ1) is 9.20. The minimum Gasteiger partial charge on any atom is -0.378 e. The molecule has 1 saturated heterocycles. The molecule has 0 amide bonds. The van der Waals surface area contributed by atoms with Gasteiger partial charge in [0.05, 0.1) is 12.2 Å². The summed E-state index contributed by atoms with van der Waals surface area (Å²) >= 11 is 0. The normalized spacial score (nSPS) is 19.9. The second-order valence-corrected chi connectivity index (χ2v) is 4.75. The Labute approximate surface area is 112 Å². The van der Waals surface area contributed by atoms with E-state index in [-0.39, 0.29) is 17.7 Å². The molecule has 0 bridgehead atoms. The molecular weight excluding hydrogens is 245 g/mol. The van der Waals surface area contributed by atoms with Crippen molar-refractivity contribution in [3.63, 3.8) is 0 Å². The van der Waals surface area contributed by atoms with E-state index < -0.39 is 5.92 Å². The lowest BCUT2D eigenvalue weighted by molar-refractivity contribution is -0.120. The Morgan fingerprint density at radius 2 is 2.21 bits per heavy atom. The summed E-state index contributed by atoms with van der Waals surface area (Å²) in [6, 6.07) is 7.53. The minimum absolute atomic E-state index is 0.121. The summed E-state index contributed by atoms with van der Waals surface area (Å²) < 4.78 is 18.3. The van der Waals surface area contributed by atoms with E-state index >= 15 is 0 Å². The molecule has 1 aliphatic heterocycles. The number of halogens is 1. The van der Waals surface area contributed by atoms with Crippen LogP contribution >= 0.6 is 0 Å². The van der Waals surface area contributed by atoms with E-state index in [4.69, 9.17) is 10.00 Å². The number of carbonyl (C=O) groups is 1. The van der Waals surface area contributed by atoms with Crippen LogP contribution < -0.4 is 0 Å². The molecule has 19 heavy (non-hydrogen) atoms. The average molecular weight is 261 g/mol. The smallest absolute Gasteiger partial charge is 0.154 e. The van der Waals surface area contributed by atoms with Crippen molar-refractivity contribution in [2.24, 2.45) is 0 Å². The predicted molar refractivity (Wildman–Crippen MR) is 68.0 cm³/mol. The Hall–Kier alpha value is -1.73. The highest BCUT2D eigenvalue weighted by molar-refractivity contribution is 5.88. The molecule has 2 atom stereocenters. The van der Waals surface area contributed by atoms with Gasteiger partial charge in [-0.2, -0.15) is 5.26 Å². The van der Waals surface area contributed by atoms with Crippen molar-refractivity contribution < 1.29 is 13.9 Å². The molecule has 1 heterocycles. The van der Waals surface area contributed by atoms with Crippen molar-refractivity contribution in [1.29, 1.82) is 5.26 Å². The second kappa shape index (κ2) is 6.44. The summed E-state index contributed by atoms with van der Waals surface area (Å²) in [6.07, 6.45) is 3.18. The monoisotopic (exact) mass is 261 g/mol. The van der Waals surface area contributed by atoms with Gasteiger partial charge in [-0.3, -0.25) is 4.79 Å². The fourth-order valence-corrected chi connectivity index (χ4v) is 2.31. The number of hydrogen-bond donors (Lipinski definition) is 0. The third kappa shape index (κ3) is 3.62. The van der Waals surface area contributed by atoms with Crippen molar-refractivity contribution >= 4 is 5.78 Å². The van der Waals surface area contributed by atoms with Crippen LogP contribution in [0, 0.1) is 17.1 Å². The van der Waals surface area contributed by atoms with Gasteiger partial charge in [0.2, 0.25) is 0 Å². The van der Waals surface area contributed by atoms with Gasteiger partial charge in [-0.05, 0) is 37.0 Å². The van der Waals surface area contributed by atoms with Crippen LogP contribution in [0.1, 0.15) is 37.2 Å². The van der Waals surface area contributed by atoms with Gasteiger partial charge in [0, 0.05) is 13.0 Å². The maximum absolute atomic E-state index is 12.8. The van der Waals surface area contributed by atoms with E-state index in [9.17, 15) is 9.18 Å². The molecule has 0 radical (unpaired) electrons. The Bertz CT molecular complexity index is 472. The second-order valence-electron chi connectivity index (χ2n) is 4.75. The van der Waals surface area contributed by atoms with Crippen molar-refractivity contribution in [3.8, 4) is 6.07 Å². The van der Waals surface area contributed by atoms with Gasteiger partial charge in [0.25, 0.3) is 0 Å². The molecule has 3 nitrogen and oxygen atoms in total. The predicted octanol–water partition coefficient (Wildman–Crippen LogP) is 2.96. The highest BCUT2D eigenvalue weighted by Gasteiger charge is 2.23. The molecule has 2 rings (SSSR count). The van der Waals surface area contributed by atoms with E-state index in [0.29, 0.717) is 18.4 Å². The lowest BCUT2D eigenvalue weighted by Gasteiger charge is -2.11. The standard InChI is InChI=1S/C15H16FNO2/c16-12-5-3-11(4-6-12)14(10-17)15(18)8-7-13-2-1-9-19-13/h3-6,13-14H,1-2,7-9H2. The van der Waals surface area contributed by atoms with Gasteiger partial charge in [-0.25, -0.2) is 4.39 Å². The fraction of sp³-hybridized carbons (Fsp3) is 0.467. The SMILES string of the molecule is N#CC(C(=O)CCC1CCCO1)c1ccc(F)cc1. The molecule has 0 aliphatic carbocycles. The zero-order valence-electron chi connectivity index (χ0n) is 10.6. The summed E-state index contributed by atoms with van der Waals surface area (Å²) in [6.45, 7) is 0.762. The largest absolute Gasteiger partial charge is 0.378 e. The van der Waals surface area contributed by atoms with Gasteiger partial charge >= 0.3 is 0 Å². The van der Waals surface area contributed by atoms with Gasteiger partial charge in [-0.15, -0.1) is 0 Å². The van der Waals surface area contributed by atoms with Crippen molar-refractivity contribution in [3.05, 3.63) is 35.6 Å². The van der Waals surface area contributed by atoms with E-state index in [2.05, 4.69) is 0 Å². The minimum atomic E-state index is -0.804. The molecule has 0 spiro atoms. The molecular formula is C15H16FNO2. The summed E-state index contributed by atoms with van der Waals surface area (Å²) in [5.41, 5.74) is 0.557. The number of Topliss-reactive ketones (excluding diaryl/α,β-unsaturated/α-hetero) is 1. The quantitative estimate of drug-likeness (QED) is 0.818. The molecule has 1 aliphatic rings. The van der Waals surface area contributed by atoms with Crippen LogP contribution in [0.2, 0.25) is 0 Å². The van der Waals surface area contributed by atoms with Crippen LogP contribution in [-0.2, 0) is 9.53 Å². The maximum atomic E-state index is 12.8. The number of hydrogen-bond acceptors (Lipinski definition) is 3. The Kier molecular flexibility index (Phi) is 4.64. The number of ketones is 1. The van der Waals surface area contributed by atoms with E-state index in [1.807, 2.05) is 6.07 Å². The number of rotatable bonds is 5. The van der Waals surface area contributed by atoms with Crippen LogP contribution in [0.25, 0.3) is 0 Å². The van der Waals surface area contributed by atoms with Crippen molar-refractivity contribution in [1.82, 2.24) is 0 Å². The molecule has 1 aromatic rings. The van der Waals surface area contributed by atoms with Gasteiger partial charge in [0.1, 0.15) is 11.7 Å². The highest BCUT2D eigenvalue weighted by Crippen LogP contribution is 2.22. The van der Waals surface area contributed by atoms with Gasteiger partial charge in [-0.1, -0.05) is 12.1 Å². The first-order valence-corrected chi connectivity index (χ1v) is 6.50. The third-order valence-electron chi connectivity index (χ3n) is 3.39. The molecule has 4 heteroatoms. The molecule has 2 unspecified atom stereocenters. The average Bonchev–Trinajstić information content (AvgIpc) is 2.92.